The molecule has 1 aliphatic carbocycles. The summed E-state index contributed by atoms with van der Waals surface area (Å²) in [7, 11) is -3.49. The Morgan fingerprint density at radius 3 is 2.67 bits per heavy atom. The maximum absolute atomic E-state index is 12.3. The molecule has 2 N–H and O–H groups in total. The van der Waals surface area contributed by atoms with Crippen molar-refractivity contribution in [2.75, 3.05) is 0 Å². The van der Waals surface area contributed by atoms with Crippen molar-refractivity contribution >= 4 is 21.6 Å². The zero-order chi connectivity index (χ0) is 15.5. The highest BCUT2D eigenvalue weighted by Gasteiger charge is 2.21. The molecule has 0 heterocycles. The molecular formula is C15H23ClN2O2S. The van der Waals surface area contributed by atoms with Crippen LogP contribution in [0, 0.1) is 0 Å². The van der Waals surface area contributed by atoms with Gasteiger partial charge >= 0.3 is 0 Å². The lowest BCUT2D eigenvalue weighted by Gasteiger charge is -2.14. The first-order valence-electron chi connectivity index (χ1n) is 7.46. The van der Waals surface area contributed by atoms with Crippen LogP contribution in [0.4, 0.5) is 0 Å². The van der Waals surface area contributed by atoms with Gasteiger partial charge in [0.15, 0.2) is 0 Å². The van der Waals surface area contributed by atoms with Gasteiger partial charge in [-0.1, -0.05) is 31.0 Å². The van der Waals surface area contributed by atoms with Crippen molar-refractivity contribution in [3.05, 3.63) is 28.8 Å². The first-order valence-corrected chi connectivity index (χ1v) is 9.32. The Labute approximate surface area is 132 Å². The molecule has 0 bridgehead atoms. The maximum atomic E-state index is 12.3. The Kier molecular flexibility index (Phi) is 5.66. The van der Waals surface area contributed by atoms with E-state index in [4.69, 9.17) is 11.6 Å². The number of nitrogens with one attached hydrogen (secondary N) is 2. The first kappa shape index (κ1) is 16.7. The topological polar surface area (TPSA) is 58.2 Å². The highest BCUT2D eigenvalue weighted by atomic mass is 35.5. The summed E-state index contributed by atoms with van der Waals surface area (Å²) in [5.74, 6) is 0. The van der Waals surface area contributed by atoms with Crippen LogP contribution in [0.25, 0.3) is 0 Å². The molecule has 4 nitrogen and oxygen atoms in total. The molecule has 0 saturated heterocycles. The quantitative estimate of drug-likeness (QED) is 0.770. The molecule has 1 fully saturated rings. The number of hydrogen-bond donors (Lipinski definition) is 2. The monoisotopic (exact) mass is 330 g/mol. The predicted octanol–water partition coefficient (Wildman–Crippen LogP) is 3.06. The van der Waals surface area contributed by atoms with Gasteiger partial charge in [0.1, 0.15) is 0 Å². The van der Waals surface area contributed by atoms with Gasteiger partial charge in [-0.15, -0.1) is 0 Å². The fourth-order valence-electron chi connectivity index (χ4n) is 2.21. The van der Waals surface area contributed by atoms with Crippen molar-refractivity contribution in [2.24, 2.45) is 0 Å². The third-order valence-corrected chi connectivity index (χ3v) is 5.51. The van der Waals surface area contributed by atoms with Crippen molar-refractivity contribution in [1.29, 1.82) is 0 Å². The average Bonchev–Trinajstić information content (AvgIpc) is 3.21. The smallest absolute Gasteiger partial charge is 0.240 e. The van der Waals surface area contributed by atoms with E-state index in [-0.39, 0.29) is 10.9 Å². The Morgan fingerprint density at radius 2 is 2.10 bits per heavy atom. The van der Waals surface area contributed by atoms with E-state index in [9.17, 15) is 8.42 Å². The summed E-state index contributed by atoms with van der Waals surface area (Å²) in [5.41, 5.74) is 0.934. The minimum absolute atomic E-state index is 0.0741. The molecule has 21 heavy (non-hydrogen) atoms. The Balaban J connectivity index is 2.06. The van der Waals surface area contributed by atoms with Gasteiger partial charge in [-0.2, -0.15) is 0 Å². The largest absolute Gasteiger partial charge is 0.310 e. The van der Waals surface area contributed by atoms with Crippen LogP contribution in [0.5, 0.6) is 0 Å². The van der Waals surface area contributed by atoms with Gasteiger partial charge in [0.2, 0.25) is 10.0 Å². The number of benzene rings is 1. The summed E-state index contributed by atoms with van der Waals surface area (Å²) in [5, 5.41) is 3.87. The van der Waals surface area contributed by atoms with Crippen LogP contribution in [0.1, 0.15) is 45.1 Å². The Morgan fingerprint density at radius 1 is 1.38 bits per heavy atom. The van der Waals surface area contributed by atoms with Gasteiger partial charge in [-0.05, 0) is 43.9 Å². The summed E-state index contributed by atoms with van der Waals surface area (Å²) >= 11 is 6.20. The number of hydrogen-bond acceptors (Lipinski definition) is 3. The van der Waals surface area contributed by atoms with Crippen molar-refractivity contribution in [1.82, 2.24) is 10.0 Å². The maximum Gasteiger partial charge on any atom is 0.240 e. The molecule has 1 atom stereocenters. The zero-order valence-corrected chi connectivity index (χ0v) is 14.1. The highest BCUT2D eigenvalue weighted by Crippen LogP contribution is 2.24. The Hall–Kier alpha value is -0.620. The number of sulfonamides is 1. The van der Waals surface area contributed by atoms with E-state index in [1.54, 1.807) is 12.1 Å². The highest BCUT2D eigenvalue weighted by molar-refractivity contribution is 7.89. The third kappa shape index (κ3) is 4.95. The van der Waals surface area contributed by atoms with Gasteiger partial charge in [0.25, 0.3) is 0 Å². The van der Waals surface area contributed by atoms with Crippen LogP contribution >= 0.6 is 11.6 Å². The molecule has 2 rings (SSSR count). The molecule has 0 aliphatic heterocycles. The molecule has 1 aromatic rings. The normalized spacial score (nSPS) is 16.9. The molecule has 0 spiro atoms. The van der Waals surface area contributed by atoms with E-state index in [1.165, 1.54) is 18.9 Å². The van der Waals surface area contributed by atoms with Gasteiger partial charge in [-0.25, -0.2) is 13.1 Å². The standard InChI is InChI=1S/C15H23ClN2O2S/c1-3-4-11(2)18-21(19,20)14-8-5-12(15(16)9-14)10-17-13-6-7-13/h5,8-9,11,13,17-18H,3-4,6-7,10H2,1-2H3. The number of rotatable bonds is 8. The van der Waals surface area contributed by atoms with Gasteiger partial charge < -0.3 is 5.32 Å². The molecule has 1 aliphatic rings. The van der Waals surface area contributed by atoms with E-state index in [2.05, 4.69) is 10.0 Å². The van der Waals surface area contributed by atoms with Gasteiger partial charge in [0.05, 0.1) is 4.90 Å². The second-order valence-corrected chi connectivity index (χ2v) is 7.84. The second kappa shape index (κ2) is 7.09. The molecule has 0 aromatic heterocycles. The number of halogens is 1. The van der Waals surface area contributed by atoms with Crippen molar-refractivity contribution in [3.63, 3.8) is 0 Å². The predicted molar refractivity (Wildman–Crippen MR) is 86.0 cm³/mol. The minimum Gasteiger partial charge on any atom is -0.310 e. The van der Waals surface area contributed by atoms with Crippen LogP contribution in [-0.2, 0) is 16.6 Å². The lowest BCUT2D eigenvalue weighted by molar-refractivity contribution is 0.544. The van der Waals surface area contributed by atoms with E-state index in [0.717, 1.165) is 18.4 Å². The van der Waals surface area contributed by atoms with Crippen LogP contribution in [0.2, 0.25) is 5.02 Å². The van der Waals surface area contributed by atoms with Crippen molar-refractivity contribution in [3.8, 4) is 0 Å². The average molecular weight is 331 g/mol. The molecule has 118 valence electrons. The lowest BCUT2D eigenvalue weighted by atomic mass is 10.2. The van der Waals surface area contributed by atoms with Crippen LogP contribution in [-0.4, -0.2) is 20.5 Å². The van der Waals surface area contributed by atoms with Crippen molar-refractivity contribution in [2.45, 2.75) is 63.1 Å². The summed E-state index contributed by atoms with van der Waals surface area (Å²) in [6, 6.07) is 5.47. The van der Waals surface area contributed by atoms with Crippen LogP contribution < -0.4 is 10.0 Å². The lowest BCUT2D eigenvalue weighted by Crippen LogP contribution is -2.32. The summed E-state index contributed by atoms with van der Waals surface area (Å²) in [6.45, 7) is 4.59. The Bertz CT molecular complexity index is 585. The molecule has 1 aromatic carbocycles. The summed E-state index contributed by atoms with van der Waals surface area (Å²) in [6.07, 6.45) is 4.18. The fraction of sp³-hybridized carbons (Fsp3) is 0.600. The fourth-order valence-corrected chi connectivity index (χ4v) is 3.82. The first-order chi connectivity index (χ1) is 9.92. The van der Waals surface area contributed by atoms with E-state index < -0.39 is 10.0 Å². The van der Waals surface area contributed by atoms with Gasteiger partial charge in [0, 0.05) is 23.7 Å². The molecule has 1 saturated carbocycles. The molecule has 0 radical (unpaired) electrons. The van der Waals surface area contributed by atoms with E-state index in [0.29, 0.717) is 17.6 Å². The molecule has 6 heteroatoms. The van der Waals surface area contributed by atoms with E-state index >= 15 is 0 Å². The zero-order valence-electron chi connectivity index (χ0n) is 12.5. The SMILES string of the molecule is CCCC(C)NS(=O)(=O)c1ccc(CNC2CC2)c(Cl)c1. The summed E-state index contributed by atoms with van der Waals surface area (Å²) < 4.78 is 27.2. The minimum atomic E-state index is -3.49. The van der Waals surface area contributed by atoms with Crippen LogP contribution in [0.15, 0.2) is 23.1 Å². The molecule has 0 amide bonds. The molecule has 1 unspecified atom stereocenters. The van der Waals surface area contributed by atoms with Crippen molar-refractivity contribution < 1.29 is 8.42 Å². The van der Waals surface area contributed by atoms with E-state index in [1.807, 2.05) is 13.8 Å². The summed E-state index contributed by atoms with van der Waals surface area (Å²) in [4.78, 5) is 0.227. The van der Waals surface area contributed by atoms with Crippen LogP contribution in [0.3, 0.4) is 0 Å². The second-order valence-electron chi connectivity index (χ2n) is 5.72. The molecular weight excluding hydrogens is 308 g/mol. The van der Waals surface area contributed by atoms with Gasteiger partial charge in [-0.3, -0.25) is 0 Å². The third-order valence-electron chi connectivity index (χ3n) is 3.57.